The van der Waals surface area contributed by atoms with Gasteiger partial charge >= 0.3 is 17.9 Å². The molecule has 0 spiro atoms. The summed E-state index contributed by atoms with van der Waals surface area (Å²) in [5, 5.41) is 0. The molecule has 0 aliphatic heterocycles. The number of hydrogen-bond donors (Lipinski definition) is 3. The summed E-state index contributed by atoms with van der Waals surface area (Å²) in [5.74, 6) is -3.20. The van der Waals surface area contributed by atoms with Crippen molar-refractivity contribution in [2.45, 2.75) is 44.6 Å². The quantitative estimate of drug-likeness (QED) is 0.167. The summed E-state index contributed by atoms with van der Waals surface area (Å²) in [4.78, 5) is 68.7. The van der Waals surface area contributed by atoms with Gasteiger partial charge < -0.3 is 31.4 Å². The van der Waals surface area contributed by atoms with Crippen molar-refractivity contribution in [2.24, 2.45) is 17.2 Å². The third-order valence-electron chi connectivity index (χ3n) is 3.67. The third-order valence-corrected chi connectivity index (χ3v) is 3.67. The Morgan fingerprint density at radius 2 is 0.867 bits per heavy atom. The van der Waals surface area contributed by atoms with Crippen molar-refractivity contribution >= 4 is 35.3 Å². The lowest BCUT2D eigenvalue weighted by Gasteiger charge is -2.18. The molecule has 0 atom stereocenters. The lowest BCUT2D eigenvalue weighted by atomic mass is 10.2. The fourth-order valence-corrected chi connectivity index (χ4v) is 1.91. The molecule has 0 radical (unpaired) electrons. The van der Waals surface area contributed by atoms with Crippen LogP contribution in [0.1, 0.15) is 38.5 Å². The van der Waals surface area contributed by atoms with Crippen LogP contribution in [0.15, 0.2) is 0 Å². The maximum absolute atomic E-state index is 11.9. The number of rotatable bonds is 17. The summed E-state index contributed by atoms with van der Waals surface area (Å²) in [6.07, 6.45) is -2.09. The van der Waals surface area contributed by atoms with Gasteiger partial charge in [0.25, 0.3) is 0 Å². The highest BCUT2D eigenvalue weighted by molar-refractivity contribution is 5.85. The van der Waals surface area contributed by atoms with E-state index in [2.05, 4.69) is 0 Å². The zero-order valence-corrected chi connectivity index (χ0v) is 16.8. The van der Waals surface area contributed by atoms with Crippen LogP contribution in [-0.2, 0) is 43.0 Å². The minimum absolute atomic E-state index is 0.0921. The molecule has 0 saturated heterocycles. The predicted octanol–water partition coefficient (Wildman–Crippen LogP) is -2.09. The summed E-state index contributed by atoms with van der Waals surface area (Å²) < 4.78 is 15.0. The number of esters is 3. The van der Waals surface area contributed by atoms with Crippen LogP contribution in [0, 0.1) is 0 Å². The standard InChI is InChI=1S/C18H29N3O9/c19-7-12(22)1-4-16(25)28-10-15(30-18(27)6-3-14(24)9-21)11-29-17(26)5-2-13(23)8-20/h15H,1-11,19-21H2. The van der Waals surface area contributed by atoms with Crippen LogP contribution in [0.5, 0.6) is 0 Å². The van der Waals surface area contributed by atoms with Crippen LogP contribution in [0.2, 0.25) is 0 Å². The number of ether oxygens (including phenoxy) is 3. The smallest absolute Gasteiger partial charge is 0.306 e. The molecule has 0 heterocycles. The van der Waals surface area contributed by atoms with E-state index in [-0.39, 0.29) is 75.5 Å². The first-order valence-corrected chi connectivity index (χ1v) is 9.37. The van der Waals surface area contributed by atoms with Crippen LogP contribution in [0.25, 0.3) is 0 Å². The van der Waals surface area contributed by atoms with E-state index in [1.54, 1.807) is 0 Å². The van der Waals surface area contributed by atoms with Gasteiger partial charge in [0.15, 0.2) is 6.10 Å². The van der Waals surface area contributed by atoms with Crippen LogP contribution in [0.4, 0.5) is 0 Å². The molecule has 0 bridgehead atoms. The third kappa shape index (κ3) is 14.3. The monoisotopic (exact) mass is 431 g/mol. The van der Waals surface area contributed by atoms with Crippen molar-refractivity contribution in [3.8, 4) is 0 Å². The predicted molar refractivity (Wildman–Crippen MR) is 102 cm³/mol. The molecular formula is C18H29N3O9. The number of carbonyl (C=O) groups is 6. The molecule has 0 aliphatic carbocycles. The second-order valence-electron chi connectivity index (χ2n) is 6.21. The number of nitrogens with two attached hydrogens (primary N) is 3. The summed E-state index contributed by atoms with van der Waals surface area (Å²) in [7, 11) is 0. The lowest BCUT2D eigenvalue weighted by molar-refractivity contribution is -0.167. The van der Waals surface area contributed by atoms with Crippen LogP contribution in [0.3, 0.4) is 0 Å². The van der Waals surface area contributed by atoms with Gasteiger partial charge in [-0.15, -0.1) is 0 Å². The van der Waals surface area contributed by atoms with Gasteiger partial charge in [0, 0.05) is 19.3 Å². The van der Waals surface area contributed by atoms with Crippen molar-refractivity contribution in [2.75, 3.05) is 32.8 Å². The maximum atomic E-state index is 11.9. The first kappa shape index (κ1) is 27.3. The van der Waals surface area contributed by atoms with E-state index in [0.717, 1.165) is 0 Å². The molecule has 0 saturated carbocycles. The molecule has 6 N–H and O–H groups in total. The van der Waals surface area contributed by atoms with Gasteiger partial charge in [-0.1, -0.05) is 0 Å². The fourth-order valence-electron chi connectivity index (χ4n) is 1.91. The molecule has 12 nitrogen and oxygen atoms in total. The second-order valence-corrected chi connectivity index (χ2v) is 6.21. The molecule has 0 aliphatic rings. The Morgan fingerprint density at radius 3 is 1.20 bits per heavy atom. The normalized spacial score (nSPS) is 10.4. The van der Waals surface area contributed by atoms with Crippen LogP contribution in [-0.4, -0.2) is 74.2 Å². The Morgan fingerprint density at radius 1 is 0.533 bits per heavy atom. The van der Waals surface area contributed by atoms with Gasteiger partial charge in [-0.05, 0) is 0 Å². The van der Waals surface area contributed by atoms with Gasteiger partial charge in [0.1, 0.15) is 30.6 Å². The molecular weight excluding hydrogens is 402 g/mol. The fraction of sp³-hybridized carbons (Fsp3) is 0.667. The second kappa shape index (κ2) is 16.1. The maximum Gasteiger partial charge on any atom is 0.306 e. The van der Waals surface area contributed by atoms with E-state index in [1.807, 2.05) is 0 Å². The highest BCUT2D eigenvalue weighted by atomic mass is 16.6. The summed E-state index contributed by atoms with van der Waals surface area (Å²) in [6, 6.07) is 0. The zero-order valence-electron chi connectivity index (χ0n) is 16.8. The van der Waals surface area contributed by atoms with Crippen LogP contribution < -0.4 is 17.2 Å². The Labute approximate surface area is 173 Å². The summed E-state index contributed by atoms with van der Waals surface area (Å²) in [5.41, 5.74) is 15.5. The lowest BCUT2D eigenvalue weighted by Crippen LogP contribution is -2.31. The van der Waals surface area contributed by atoms with Gasteiger partial charge in [-0.2, -0.15) is 0 Å². The van der Waals surface area contributed by atoms with E-state index in [4.69, 9.17) is 31.4 Å². The Kier molecular flexibility index (Phi) is 14.7. The Hall–Kier alpha value is -2.70. The summed E-state index contributed by atoms with van der Waals surface area (Å²) >= 11 is 0. The number of ketones is 3. The average Bonchev–Trinajstić information content (AvgIpc) is 2.75. The highest BCUT2D eigenvalue weighted by Gasteiger charge is 2.20. The Bertz CT molecular complexity index is 586. The van der Waals surface area contributed by atoms with Crippen molar-refractivity contribution in [1.82, 2.24) is 0 Å². The van der Waals surface area contributed by atoms with E-state index < -0.39 is 37.2 Å². The zero-order chi connectivity index (χ0) is 22.9. The average molecular weight is 431 g/mol. The number of Topliss-reactive ketones (excluding diaryl/α,β-unsaturated/α-hetero) is 3. The van der Waals surface area contributed by atoms with Crippen molar-refractivity contribution in [3.05, 3.63) is 0 Å². The molecule has 0 rings (SSSR count). The molecule has 30 heavy (non-hydrogen) atoms. The van der Waals surface area contributed by atoms with Gasteiger partial charge in [0.05, 0.1) is 38.9 Å². The van der Waals surface area contributed by atoms with E-state index >= 15 is 0 Å². The topological polar surface area (TPSA) is 208 Å². The van der Waals surface area contributed by atoms with Gasteiger partial charge in [-0.25, -0.2) is 0 Å². The molecule has 12 heteroatoms. The van der Waals surface area contributed by atoms with Crippen molar-refractivity contribution in [3.63, 3.8) is 0 Å². The molecule has 170 valence electrons. The van der Waals surface area contributed by atoms with E-state index in [9.17, 15) is 28.8 Å². The molecule has 0 unspecified atom stereocenters. The Balaban J connectivity index is 4.62. The SMILES string of the molecule is NCC(=O)CCC(=O)OCC(COC(=O)CCC(=O)CN)OC(=O)CCC(=O)CN. The van der Waals surface area contributed by atoms with E-state index in [0.29, 0.717) is 0 Å². The number of hydrogen-bond acceptors (Lipinski definition) is 12. The van der Waals surface area contributed by atoms with Gasteiger partial charge in [-0.3, -0.25) is 28.8 Å². The molecule has 0 fully saturated rings. The van der Waals surface area contributed by atoms with Crippen molar-refractivity contribution < 1.29 is 43.0 Å². The first-order chi connectivity index (χ1) is 14.2. The molecule has 0 aromatic carbocycles. The van der Waals surface area contributed by atoms with Crippen LogP contribution >= 0.6 is 0 Å². The number of carbonyl (C=O) groups excluding carboxylic acids is 6. The molecule has 0 aromatic rings. The first-order valence-electron chi connectivity index (χ1n) is 9.37. The minimum atomic E-state index is -1.13. The molecule has 0 aromatic heterocycles. The molecule has 0 amide bonds. The summed E-state index contributed by atoms with van der Waals surface area (Å²) in [6.45, 7) is -1.47. The largest absolute Gasteiger partial charge is 0.462 e. The van der Waals surface area contributed by atoms with E-state index in [1.165, 1.54) is 0 Å². The highest BCUT2D eigenvalue weighted by Crippen LogP contribution is 2.04. The van der Waals surface area contributed by atoms with Crippen molar-refractivity contribution in [1.29, 1.82) is 0 Å². The minimum Gasteiger partial charge on any atom is -0.462 e. The van der Waals surface area contributed by atoms with Gasteiger partial charge in [0.2, 0.25) is 0 Å².